The molecule has 0 aliphatic carbocycles. The first-order valence-corrected chi connectivity index (χ1v) is 5.97. The van der Waals surface area contributed by atoms with Crippen molar-refractivity contribution in [3.63, 3.8) is 0 Å². The summed E-state index contributed by atoms with van der Waals surface area (Å²) in [6.45, 7) is 0.189. The van der Waals surface area contributed by atoms with Crippen LogP contribution >= 0.6 is 0 Å². The number of carbonyl (C=O) groups excluding carboxylic acids is 1. The Morgan fingerprint density at radius 3 is 2.68 bits per heavy atom. The van der Waals surface area contributed by atoms with E-state index in [1.54, 1.807) is 13.3 Å². The number of ether oxygens (including phenoxy) is 2. The van der Waals surface area contributed by atoms with Gasteiger partial charge in [-0.15, -0.1) is 0 Å². The summed E-state index contributed by atoms with van der Waals surface area (Å²) in [5.74, 6) is 0.396. The number of benzene rings is 1. The molecule has 4 heteroatoms. The molecule has 1 heterocycles. The lowest BCUT2D eigenvalue weighted by Crippen LogP contribution is -2.09. The van der Waals surface area contributed by atoms with E-state index in [0.29, 0.717) is 5.75 Å². The smallest absolute Gasteiger partial charge is 0.310 e. The fraction of sp³-hybridized carbons (Fsp3) is 0.200. The third-order valence-corrected chi connectivity index (χ3v) is 2.63. The summed E-state index contributed by atoms with van der Waals surface area (Å²) in [6.07, 6.45) is 1.86. The lowest BCUT2D eigenvalue weighted by Gasteiger charge is -2.08. The molecule has 0 N–H and O–H groups in total. The number of methoxy groups -OCH3 is 1. The minimum absolute atomic E-state index is 0.189. The van der Waals surface area contributed by atoms with Crippen LogP contribution in [0.15, 0.2) is 48.7 Å². The third-order valence-electron chi connectivity index (χ3n) is 2.63. The molecule has 0 amide bonds. The molecular formula is C15H15NO3. The van der Waals surface area contributed by atoms with Crippen molar-refractivity contribution in [2.24, 2.45) is 0 Å². The van der Waals surface area contributed by atoms with E-state index in [2.05, 4.69) is 4.98 Å². The maximum Gasteiger partial charge on any atom is 0.310 e. The SMILES string of the molecule is COc1ccccc1CC(=O)OCc1ccccn1. The van der Waals surface area contributed by atoms with Crippen LogP contribution in [0.3, 0.4) is 0 Å². The topological polar surface area (TPSA) is 48.4 Å². The van der Waals surface area contributed by atoms with Gasteiger partial charge in [0.25, 0.3) is 0 Å². The van der Waals surface area contributed by atoms with E-state index in [9.17, 15) is 4.79 Å². The molecule has 19 heavy (non-hydrogen) atoms. The zero-order valence-electron chi connectivity index (χ0n) is 10.7. The summed E-state index contributed by atoms with van der Waals surface area (Å²) in [4.78, 5) is 15.8. The number of rotatable bonds is 5. The van der Waals surface area contributed by atoms with Gasteiger partial charge in [-0.1, -0.05) is 24.3 Å². The zero-order chi connectivity index (χ0) is 13.5. The van der Waals surface area contributed by atoms with Crippen LogP contribution in [0, 0.1) is 0 Å². The van der Waals surface area contributed by atoms with Gasteiger partial charge in [0, 0.05) is 11.8 Å². The lowest BCUT2D eigenvalue weighted by molar-refractivity contribution is -0.144. The Labute approximate surface area is 112 Å². The van der Waals surface area contributed by atoms with Gasteiger partial charge in [0.2, 0.25) is 0 Å². The van der Waals surface area contributed by atoms with Crippen LogP contribution in [0.4, 0.5) is 0 Å². The van der Waals surface area contributed by atoms with Gasteiger partial charge in [-0.05, 0) is 18.2 Å². The standard InChI is InChI=1S/C15H15NO3/c1-18-14-8-3-2-6-12(14)10-15(17)19-11-13-7-4-5-9-16-13/h2-9H,10-11H2,1H3. The van der Waals surface area contributed by atoms with E-state index in [0.717, 1.165) is 11.3 Å². The Kier molecular flexibility index (Phi) is 4.50. The van der Waals surface area contributed by atoms with Crippen molar-refractivity contribution in [1.82, 2.24) is 4.98 Å². The predicted molar refractivity (Wildman–Crippen MR) is 70.7 cm³/mol. The van der Waals surface area contributed by atoms with Crippen molar-refractivity contribution in [3.05, 3.63) is 59.9 Å². The molecule has 2 rings (SSSR count). The van der Waals surface area contributed by atoms with Crippen LogP contribution in [0.25, 0.3) is 0 Å². The Morgan fingerprint density at radius 2 is 1.95 bits per heavy atom. The first-order chi connectivity index (χ1) is 9.29. The molecule has 0 bridgehead atoms. The van der Waals surface area contributed by atoms with Crippen LogP contribution in [0.1, 0.15) is 11.3 Å². The Hall–Kier alpha value is -2.36. The fourth-order valence-corrected chi connectivity index (χ4v) is 1.69. The van der Waals surface area contributed by atoms with Crippen LogP contribution in [-0.4, -0.2) is 18.1 Å². The highest BCUT2D eigenvalue weighted by Gasteiger charge is 2.09. The maximum absolute atomic E-state index is 11.7. The number of hydrogen-bond donors (Lipinski definition) is 0. The van der Waals surface area contributed by atoms with Crippen molar-refractivity contribution in [1.29, 1.82) is 0 Å². The molecular weight excluding hydrogens is 242 g/mol. The highest BCUT2D eigenvalue weighted by molar-refractivity contribution is 5.73. The van der Waals surface area contributed by atoms with E-state index in [4.69, 9.17) is 9.47 Å². The van der Waals surface area contributed by atoms with Gasteiger partial charge in [-0.25, -0.2) is 0 Å². The second kappa shape index (κ2) is 6.54. The molecule has 0 saturated heterocycles. The minimum Gasteiger partial charge on any atom is -0.496 e. The minimum atomic E-state index is -0.296. The Morgan fingerprint density at radius 1 is 1.16 bits per heavy atom. The quantitative estimate of drug-likeness (QED) is 0.772. The zero-order valence-corrected chi connectivity index (χ0v) is 10.7. The monoisotopic (exact) mass is 257 g/mol. The van der Waals surface area contributed by atoms with Gasteiger partial charge in [0.15, 0.2) is 0 Å². The number of hydrogen-bond acceptors (Lipinski definition) is 4. The molecule has 4 nitrogen and oxygen atoms in total. The van der Waals surface area contributed by atoms with Crippen molar-refractivity contribution in [2.75, 3.05) is 7.11 Å². The van der Waals surface area contributed by atoms with Crippen LogP contribution in [0.2, 0.25) is 0 Å². The van der Waals surface area contributed by atoms with Crippen LogP contribution < -0.4 is 4.74 Å². The largest absolute Gasteiger partial charge is 0.496 e. The number of para-hydroxylation sites is 1. The van der Waals surface area contributed by atoms with Gasteiger partial charge in [-0.3, -0.25) is 9.78 Å². The average Bonchev–Trinajstić information content (AvgIpc) is 2.47. The summed E-state index contributed by atoms with van der Waals surface area (Å²) in [6, 6.07) is 12.9. The van der Waals surface area contributed by atoms with E-state index in [1.165, 1.54) is 0 Å². The van der Waals surface area contributed by atoms with Crippen LogP contribution in [0.5, 0.6) is 5.75 Å². The number of esters is 1. The first-order valence-electron chi connectivity index (χ1n) is 5.97. The van der Waals surface area contributed by atoms with Crippen molar-refractivity contribution in [2.45, 2.75) is 13.0 Å². The summed E-state index contributed by atoms with van der Waals surface area (Å²) >= 11 is 0. The van der Waals surface area contributed by atoms with Gasteiger partial charge in [0.05, 0.1) is 19.2 Å². The van der Waals surface area contributed by atoms with E-state index in [1.807, 2.05) is 42.5 Å². The highest BCUT2D eigenvalue weighted by Crippen LogP contribution is 2.18. The Bertz CT molecular complexity index is 540. The summed E-state index contributed by atoms with van der Waals surface area (Å²) in [5, 5.41) is 0. The predicted octanol–water partition coefficient (Wildman–Crippen LogP) is 2.38. The number of carbonyl (C=O) groups is 1. The average molecular weight is 257 g/mol. The Balaban J connectivity index is 1.91. The first kappa shape index (κ1) is 13.1. The second-order valence-electron chi connectivity index (χ2n) is 3.97. The normalized spacial score (nSPS) is 9.95. The van der Waals surface area contributed by atoms with E-state index in [-0.39, 0.29) is 19.0 Å². The van der Waals surface area contributed by atoms with Crippen LogP contribution in [-0.2, 0) is 22.6 Å². The molecule has 0 aliphatic heterocycles. The second-order valence-corrected chi connectivity index (χ2v) is 3.97. The molecule has 98 valence electrons. The summed E-state index contributed by atoms with van der Waals surface area (Å²) in [7, 11) is 1.58. The highest BCUT2D eigenvalue weighted by atomic mass is 16.5. The molecule has 0 radical (unpaired) electrons. The fourth-order valence-electron chi connectivity index (χ4n) is 1.69. The number of nitrogens with zero attached hydrogens (tertiary/aromatic N) is 1. The summed E-state index contributed by atoms with van der Waals surface area (Å²) < 4.78 is 10.4. The molecule has 0 spiro atoms. The molecule has 2 aromatic rings. The van der Waals surface area contributed by atoms with E-state index < -0.39 is 0 Å². The number of aromatic nitrogens is 1. The lowest BCUT2D eigenvalue weighted by atomic mass is 10.1. The van der Waals surface area contributed by atoms with Crippen molar-refractivity contribution < 1.29 is 14.3 Å². The number of pyridine rings is 1. The third kappa shape index (κ3) is 3.81. The van der Waals surface area contributed by atoms with E-state index >= 15 is 0 Å². The molecule has 0 fully saturated rings. The molecule has 0 saturated carbocycles. The van der Waals surface area contributed by atoms with Gasteiger partial charge < -0.3 is 9.47 Å². The van der Waals surface area contributed by atoms with Gasteiger partial charge in [0.1, 0.15) is 12.4 Å². The maximum atomic E-state index is 11.7. The van der Waals surface area contributed by atoms with Gasteiger partial charge >= 0.3 is 5.97 Å². The molecule has 0 aliphatic rings. The molecule has 0 unspecified atom stereocenters. The van der Waals surface area contributed by atoms with Gasteiger partial charge in [-0.2, -0.15) is 0 Å². The molecule has 1 aromatic carbocycles. The molecule has 0 atom stereocenters. The summed E-state index contributed by atoms with van der Waals surface area (Å²) in [5.41, 5.74) is 1.55. The van der Waals surface area contributed by atoms with Crippen molar-refractivity contribution >= 4 is 5.97 Å². The van der Waals surface area contributed by atoms with Crippen molar-refractivity contribution in [3.8, 4) is 5.75 Å². The molecule has 1 aromatic heterocycles.